The summed E-state index contributed by atoms with van der Waals surface area (Å²) in [5, 5.41) is 0. The van der Waals surface area contributed by atoms with Gasteiger partial charge in [0.15, 0.2) is 0 Å². The van der Waals surface area contributed by atoms with Gasteiger partial charge in [-0.3, -0.25) is 4.90 Å². The molecule has 0 bridgehead atoms. The zero-order valence-corrected chi connectivity index (χ0v) is 11.2. The van der Waals surface area contributed by atoms with Crippen LogP contribution in [-0.2, 0) is 6.42 Å². The van der Waals surface area contributed by atoms with Gasteiger partial charge in [-0.2, -0.15) is 13.2 Å². The van der Waals surface area contributed by atoms with Gasteiger partial charge in [-0.15, -0.1) is 0 Å². The van der Waals surface area contributed by atoms with E-state index < -0.39 is 12.7 Å². The first-order valence-electron chi connectivity index (χ1n) is 6.49. The smallest absolute Gasteiger partial charge is 0.327 e. The maximum Gasteiger partial charge on any atom is 0.401 e. The highest BCUT2D eigenvalue weighted by molar-refractivity contribution is 5.14. The quantitative estimate of drug-likeness (QED) is 0.828. The van der Waals surface area contributed by atoms with E-state index in [1.54, 1.807) is 6.92 Å². The van der Waals surface area contributed by atoms with Gasteiger partial charge < -0.3 is 5.73 Å². The van der Waals surface area contributed by atoms with Crippen LogP contribution in [0.3, 0.4) is 0 Å². The molecule has 19 heavy (non-hydrogen) atoms. The minimum Gasteiger partial charge on any atom is -0.327 e. The second-order valence-corrected chi connectivity index (χ2v) is 4.73. The summed E-state index contributed by atoms with van der Waals surface area (Å²) in [6, 6.07) is 9.60. The van der Waals surface area contributed by atoms with E-state index in [1.165, 1.54) is 4.90 Å². The van der Waals surface area contributed by atoms with Crippen molar-refractivity contribution in [3.05, 3.63) is 35.9 Å². The minimum absolute atomic E-state index is 0.234. The molecule has 0 aliphatic heterocycles. The number of halogens is 3. The molecule has 0 spiro atoms. The first-order chi connectivity index (χ1) is 8.90. The highest BCUT2D eigenvalue weighted by atomic mass is 19.4. The van der Waals surface area contributed by atoms with Crippen molar-refractivity contribution in [3.63, 3.8) is 0 Å². The Hall–Kier alpha value is -1.07. The highest BCUT2D eigenvalue weighted by Gasteiger charge is 2.30. The molecule has 0 saturated heterocycles. The summed E-state index contributed by atoms with van der Waals surface area (Å²) in [7, 11) is 0. The number of hydrogen-bond acceptors (Lipinski definition) is 2. The largest absolute Gasteiger partial charge is 0.401 e. The second-order valence-electron chi connectivity index (χ2n) is 4.73. The normalized spacial score (nSPS) is 13.8. The van der Waals surface area contributed by atoms with Crippen molar-refractivity contribution in [2.24, 2.45) is 5.73 Å². The monoisotopic (exact) mass is 274 g/mol. The lowest BCUT2D eigenvalue weighted by Gasteiger charge is -2.25. The maximum atomic E-state index is 12.3. The average molecular weight is 274 g/mol. The number of nitrogens with two attached hydrogens (primary N) is 1. The van der Waals surface area contributed by atoms with E-state index in [4.69, 9.17) is 5.73 Å². The van der Waals surface area contributed by atoms with E-state index >= 15 is 0 Å². The molecule has 5 heteroatoms. The molecule has 0 heterocycles. The van der Waals surface area contributed by atoms with Gasteiger partial charge in [0.2, 0.25) is 0 Å². The van der Waals surface area contributed by atoms with Crippen LogP contribution in [0.1, 0.15) is 18.9 Å². The Labute approximate surface area is 112 Å². The number of aryl methyl sites for hydroxylation is 1. The summed E-state index contributed by atoms with van der Waals surface area (Å²) in [5.41, 5.74) is 7.07. The lowest BCUT2D eigenvalue weighted by atomic mass is 10.1. The van der Waals surface area contributed by atoms with Gasteiger partial charge in [0, 0.05) is 12.6 Å². The molecule has 1 aromatic rings. The minimum atomic E-state index is -4.16. The topological polar surface area (TPSA) is 29.3 Å². The number of hydrogen-bond donors (Lipinski definition) is 1. The summed E-state index contributed by atoms with van der Waals surface area (Å²) in [6.07, 6.45) is -2.67. The van der Waals surface area contributed by atoms with Crippen molar-refractivity contribution in [1.82, 2.24) is 4.90 Å². The molecular weight excluding hydrogens is 253 g/mol. The molecule has 1 rings (SSSR count). The van der Waals surface area contributed by atoms with Gasteiger partial charge in [0.25, 0.3) is 0 Å². The molecule has 0 aromatic heterocycles. The fourth-order valence-electron chi connectivity index (χ4n) is 1.98. The van der Waals surface area contributed by atoms with E-state index in [0.29, 0.717) is 13.0 Å². The molecule has 0 aliphatic rings. The number of rotatable bonds is 7. The SMILES string of the molecule is CCN(CC(N)CCc1ccccc1)CC(F)(F)F. The molecule has 0 saturated carbocycles. The van der Waals surface area contributed by atoms with Crippen LogP contribution >= 0.6 is 0 Å². The Morgan fingerprint density at radius 3 is 2.37 bits per heavy atom. The van der Waals surface area contributed by atoms with Crippen LogP contribution in [0.4, 0.5) is 13.2 Å². The van der Waals surface area contributed by atoms with E-state index in [0.717, 1.165) is 12.0 Å². The Morgan fingerprint density at radius 2 is 1.84 bits per heavy atom. The van der Waals surface area contributed by atoms with Gasteiger partial charge in [-0.05, 0) is 24.9 Å². The summed E-state index contributed by atoms with van der Waals surface area (Å²) >= 11 is 0. The molecule has 1 unspecified atom stereocenters. The molecule has 0 fully saturated rings. The van der Waals surface area contributed by atoms with Crippen molar-refractivity contribution in [3.8, 4) is 0 Å². The predicted molar refractivity (Wildman–Crippen MR) is 70.9 cm³/mol. The molecule has 2 N–H and O–H groups in total. The van der Waals surface area contributed by atoms with E-state index in [2.05, 4.69) is 0 Å². The first kappa shape index (κ1) is 16.0. The standard InChI is InChI=1S/C14H21F3N2/c1-2-19(11-14(15,16)17)10-13(18)9-8-12-6-4-3-5-7-12/h3-7,13H,2,8-11,18H2,1H3. The lowest BCUT2D eigenvalue weighted by Crippen LogP contribution is -2.42. The van der Waals surface area contributed by atoms with Crippen LogP contribution in [0.25, 0.3) is 0 Å². The third kappa shape index (κ3) is 7.18. The van der Waals surface area contributed by atoms with Gasteiger partial charge in [0.05, 0.1) is 6.54 Å². The predicted octanol–water partition coefficient (Wildman–Crippen LogP) is 2.83. The van der Waals surface area contributed by atoms with Gasteiger partial charge in [0.1, 0.15) is 0 Å². The van der Waals surface area contributed by atoms with Crippen molar-refractivity contribution in [1.29, 1.82) is 0 Å². The van der Waals surface area contributed by atoms with Gasteiger partial charge in [-0.25, -0.2) is 0 Å². The van der Waals surface area contributed by atoms with Crippen molar-refractivity contribution in [2.75, 3.05) is 19.6 Å². The Bertz CT molecular complexity index is 351. The van der Waals surface area contributed by atoms with Crippen molar-refractivity contribution in [2.45, 2.75) is 32.0 Å². The number of nitrogens with zero attached hydrogens (tertiary/aromatic N) is 1. The maximum absolute atomic E-state index is 12.3. The fourth-order valence-corrected chi connectivity index (χ4v) is 1.98. The molecule has 1 aromatic carbocycles. The Kier molecular flexibility index (Phi) is 6.31. The van der Waals surface area contributed by atoms with Crippen LogP contribution in [0.2, 0.25) is 0 Å². The zero-order chi connectivity index (χ0) is 14.3. The number of likely N-dealkylation sites (N-methyl/N-ethyl adjacent to an activating group) is 1. The third-order valence-electron chi connectivity index (χ3n) is 2.99. The molecular formula is C14H21F3N2. The van der Waals surface area contributed by atoms with Crippen molar-refractivity contribution >= 4 is 0 Å². The van der Waals surface area contributed by atoms with Gasteiger partial charge in [-0.1, -0.05) is 37.3 Å². The van der Waals surface area contributed by atoms with Crippen molar-refractivity contribution < 1.29 is 13.2 Å². The lowest BCUT2D eigenvalue weighted by molar-refractivity contribution is -0.145. The number of benzene rings is 1. The van der Waals surface area contributed by atoms with E-state index in [1.807, 2.05) is 30.3 Å². The molecule has 108 valence electrons. The third-order valence-corrected chi connectivity index (χ3v) is 2.99. The van der Waals surface area contributed by atoms with Crippen LogP contribution in [0.15, 0.2) is 30.3 Å². The van der Waals surface area contributed by atoms with E-state index in [9.17, 15) is 13.2 Å². The van der Waals surface area contributed by atoms with Crippen LogP contribution in [0, 0.1) is 0 Å². The highest BCUT2D eigenvalue weighted by Crippen LogP contribution is 2.16. The zero-order valence-electron chi connectivity index (χ0n) is 11.2. The average Bonchev–Trinajstić information content (AvgIpc) is 2.35. The molecule has 0 radical (unpaired) electrons. The van der Waals surface area contributed by atoms with Crippen LogP contribution < -0.4 is 5.73 Å². The molecule has 2 nitrogen and oxygen atoms in total. The summed E-state index contributed by atoms with van der Waals surface area (Å²) in [5.74, 6) is 0. The second kappa shape index (κ2) is 7.50. The van der Waals surface area contributed by atoms with Crippen LogP contribution in [-0.4, -0.2) is 36.8 Å². The Morgan fingerprint density at radius 1 is 1.21 bits per heavy atom. The van der Waals surface area contributed by atoms with Gasteiger partial charge >= 0.3 is 6.18 Å². The van der Waals surface area contributed by atoms with Crippen LogP contribution in [0.5, 0.6) is 0 Å². The Balaban J connectivity index is 2.35. The molecule has 0 aliphatic carbocycles. The van der Waals surface area contributed by atoms with E-state index in [-0.39, 0.29) is 12.6 Å². The molecule has 0 amide bonds. The first-order valence-corrected chi connectivity index (χ1v) is 6.49. The summed E-state index contributed by atoms with van der Waals surface area (Å²) in [6.45, 7) is 1.47. The number of alkyl halides is 3. The summed E-state index contributed by atoms with van der Waals surface area (Å²) in [4.78, 5) is 1.34. The fraction of sp³-hybridized carbons (Fsp3) is 0.571. The molecule has 1 atom stereocenters. The summed E-state index contributed by atoms with van der Waals surface area (Å²) < 4.78 is 36.9.